The summed E-state index contributed by atoms with van der Waals surface area (Å²) in [4.78, 5) is 11.2. The number of carboxylic acid groups (broad SMARTS) is 1. The smallest absolute Gasteiger partial charge is 0.306 e. The second-order valence-electron chi connectivity index (χ2n) is 7.55. The molecule has 0 saturated heterocycles. The molecule has 0 aliphatic rings. The monoisotopic (exact) mass is 352 g/mol. The SMILES string of the molecule is CCCCCCCC/C=C\CCCCCCC(CCCCC)C(=O)O. The zero-order valence-corrected chi connectivity index (χ0v) is 17.1. The van der Waals surface area contributed by atoms with E-state index in [4.69, 9.17) is 0 Å². The Balaban J connectivity index is 3.41. The molecule has 0 aliphatic heterocycles. The molecule has 0 aromatic heterocycles. The highest BCUT2D eigenvalue weighted by Gasteiger charge is 2.15. The van der Waals surface area contributed by atoms with Crippen molar-refractivity contribution in [1.29, 1.82) is 0 Å². The van der Waals surface area contributed by atoms with Crippen molar-refractivity contribution >= 4 is 5.97 Å². The number of hydrogen-bond donors (Lipinski definition) is 1. The molecule has 0 amide bonds. The first kappa shape index (κ1) is 24.2. The van der Waals surface area contributed by atoms with Crippen LogP contribution in [0.1, 0.15) is 123 Å². The lowest BCUT2D eigenvalue weighted by Gasteiger charge is -2.11. The Kier molecular flexibility index (Phi) is 18.9. The number of rotatable bonds is 19. The molecule has 0 bridgehead atoms. The Morgan fingerprint density at radius 2 is 1.08 bits per heavy atom. The van der Waals surface area contributed by atoms with Crippen LogP contribution in [-0.4, -0.2) is 11.1 Å². The van der Waals surface area contributed by atoms with Crippen molar-refractivity contribution in [1.82, 2.24) is 0 Å². The van der Waals surface area contributed by atoms with E-state index >= 15 is 0 Å². The van der Waals surface area contributed by atoms with Crippen LogP contribution >= 0.6 is 0 Å². The third-order valence-corrected chi connectivity index (χ3v) is 5.07. The first-order valence-electron chi connectivity index (χ1n) is 11.1. The van der Waals surface area contributed by atoms with E-state index in [1.54, 1.807) is 0 Å². The van der Waals surface area contributed by atoms with Gasteiger partial charge in [0.2, 0.25) is 0 Å². The second kappa shape index (κ2) is 19.5. The van der Waals surface area contributed by atoms with Crippen molar-refractivity contribution in [3.05, 3.63) is 12.2 Å². The number of unbranched alkanes of at least 4 members (excludes halogenated alkanes) is 12. The van der Waals surface area contributed by atoms with Crippen LogP contribution in [-0.2, 0) is 4.79 Å². The van der Waals surface area contributed by atoms with E-state index in [-0.39, 0.29) is 5.92 Å². The standard InChI is InChI=1S/C23H44O2/c1-3-5-7-8-9-10-11-12-13-14-15-16-17-19-21-22(23(24)25)20-18-6-4-2/h12-13,22H,3-11,14-21H2,1-2H3,(H,24,25)/b13-12-. The maximum absolute atomic E-state index is 11.2. The van der Waals surface area contributed by atoms with Crippen LogP contribution in [0.2, 0.25) is 0 Å². The van der Waals surface area contributed by atoms with Gasteiger partial charge >= 0.3 is 5.97 Å². The number of carboxylic acids is 1. The van der Waals surface area contributed by atoms with Crippen LogP contribution in [0.4, 0.5) is 0 Å². The lowest BCUT2D eigenvalue weighted by molar-refractivity contribution is -0.142. The average molecular weight is 353 g/mol. The van der Waals surface area contributed by atoms with Crippen molar-refractivity contribution in [2.45, 2.75) is 123 Å². The van der Waals surface area contributed by atoms with Gasteiger partial charge in [0, 0.05) is 0 Å². The van der Waals surface area contributed by atoms with Crippen LogP contribution in [0, 0.1) is 5.92 Å². The molecular formula is C23H44O2. The number of hydrogen-bond acceptors (Lipinski definition) is 1. The van der Waals surface area contributed by atoms with E-state index in [0.717, 1.165) is 32.1 Å². The third kappa shape index (κ3) is 17.8. The van der Waals surface area contributed by atoms with Crippen LogP contribution < -0.4 is 0 Å². The molecule has 1 N–H and O–H groups in total. The first-order valence-corrected chi connectivity index (χ1v) is 11.1. The quantitative estimate of drug-likeness (QED) is 0.189. The molecule has 0 spiro atoms. The molecule has 2 heteroatoms. The molecular weight excluding hydrogens is 308 g/mol. The molecule has 0 aromatic rings. The molecule has 0 aromatic carbocycles. The van der Waals surface area contributed by atoms with Crippen LogP contribution in [0.25, 0.3) is 0 Å². The molecule has 0 heterocycles. The molecule has 1 atom stereocenters. The molecule has 148 valence electrons. The molecule has 0 aliphatic carbocycles. The second-order valence-corrected chi connectivity index (χ2v) is 7.55. The van der Waals surface area contributed by atoms with Gasteiger partial charge in [0.1, 0.15) is 0 Å². The van der Waals surface area contributed by atoms with Crippen LogP contribution in [0.3, 0.4) is 0 Å². The highest BCUT2D eigenvalue weighted by atomic mass is 16.4. The van der Waals surface area contributed by atoms with E-state index in [0.29, 0.717) is 0 Å². The summed E-state index contributed by atoms with van der Waals surface area (Å²) in [5.74, 6) is -0.697. The average Bonchev–Trinajstić information content (AvgIpc) is 2.60. The van der Waals surface area contributed by atoms with Gasteiger partial charge in [-0.2, -0.15) is 0 Å². The summed E-state index contributed by atoms with van der Waals surface area (Å²) in [6.45, 7) is 4.43. The van der Waals surface area contributed by atoms with Crippen LogP contribution in [0.15, 0.2) is 12.2 Å². The molecule has 25 heavy (non-hydrogen) atoms. The highest BCUT2D eigenvalue weighted by Crippen LogP contribution is 2.18. The molecule has 2 nitrogen and oxygen atoms in total. The lowest BCUT2D eigenvalue weighted by Crippen LogP contribution is -2.13. The number of carbonyl (C=O) groups is 1. The minimum Gasteiger partial charge on any atom is -0.481 e. The molecule has 0 rings (SSSR count). The Labute approximate surface area is 157 Å². The first-order chi connectivity index (χ1) is 12.2. The topological polar surface area (TPSA) is 37.3 Å². The third-order valence-electron chi connectivity index (χ3n) is 5.07. The van der Waals surface area contributed by atoms with Crippen molar-refractivity contribution in [3.63, 3.8) is 0 Å². The molecule has 1 unspecified atom stereocenters. The minimum absolute atomic E-state index is 0.108. The highest BCUT2D eigenvalue weighted by molar-refractivity contribution is 5.69. The number of aliphatic carboxylic acids is 1. The van der Waals surface area contributed by atoms with Crippen molar-refractivity contribution < 1.29 is 9.90 Å². The van der Waals surface area contributed by atoms with Gasteiger partial charge in [-0.1, -0.05) is 96.6 Å². The van der Waals surface area contributed by atoms with E-state index in [9.17, 15) is 9.90 Å². The Morgan fingerprint density at radius 3 is 1.60 bits per heavy atom. The Bertz CT molecular complexity index is 309. The Hall–Kier alpha value is -0.790. The Morgan fingerprint density at radius 1 is 0.680 bits per heavy atom. The predicted octanol–water partition coefficient (Wildman–Crippen LogP) is 7.91. The fraction of sp³-hybridized carbons (Fsp3) is 0.870. The fourth-order valence-corrected chi connectivity index (χ4v) is 3.32. The summed E-state index contributed by atoms with van der Waals surface area (Å²) in [7, 11) is 0. The van der Waals surface area contributed by atoms with Gasteiger partial charge in [-0.15, -0.1) is 0 Å². The van der Waals surface area contributed by atoms with Gasteiger partial charge in [-0.25, -0.2) is 0 Å². The molecule has 0 radical (unpaired) electrons. The van der Waals surface area contributed by atoms with Gasteiger partial charge in [0.05, 0.1) is 5.92 Å². The van der Waals surface area contributed by atoms with Crippen molar-refractivity contribution in [2.75, 3.05) is 0 Å². The molecule has 0 saturated carbocycles. The zero-order valence-electron chi connectivity index (χ0n) is 17.1. The zero-order chi connectivity index (χ0) is 18.6. The summed E-state index contributed by atoms with van der Waals surface area (Å²) in [5.41, 5.74) is 0. The van der Waals surface area contributed by atoms with Crippen LogP contribution in [0.5, 0.6) is 0 Å². The summed E-state index contributed by atoms with van der Waals surface area (Å²) in [6.07, 6.45) is 25.3. The van der Waals surface area contributed by atoms with Gasteiger partial charge in [-0.05, 0) is 38.5 Å². The predicted molar refractivity (Wildman–Crippen MR) is 110 cm³/mol. The summed E-state index contributed by atoms with van der Waals surface area (Å²) in [5, 5.41) is 9.27. The maximum atomic E-state index is 11.2. The summed E-state index contributed by atoms with van der Waals surface area (Å²) < 4.78 is 0. The summed E-state index contributed by atoms with van der Waals surface area (Å²) >= 11 is 0. The maximum Gasteiger partial charge on any atom is 0.306 e. The van der Waals surface area contributed by atoms with Crippen molar-refractivity contribution in [2.24, 2.45) is 5.92 Å². The van der Waals surface area contributed by atoms with E-state index in [2.05, 4.69) is 26.0 Å². The van der Waals surface area contributed by atoms with Crippen molar-refractivity contribution in [3.8, 4) is 0 Å². The van der Waals surface area contributed by atoms with E-state index in [1.165, 1.54) is 77.0 Å². The fourth-order valence-electron chi connectivity index (χ4n) is 3.32. The van der Waals surface area contributed by atoms with E-state index < -0.39 is 5.97 Å². The normalized spacial score (nSPS) is 12.7. The van der Waals surface area contributed by atoms with Gasteiger partial charge < -0.3 is 5.11 Å². The van der Waals surface area contributed by atoms with Gasteiger partial charge in [-0.3, -0.25) is 4.79 Å². The van der Waals surface area contributed by atoms with Gasteiger partial charge in [0.25, 0.3) is 0 Å². The van der Waals surface area contributed by atoms with Gasteiger partial charge in [0.15, 0.2) is 0 Å². The lowest BCUT2D eigenvalue weighted by atomic mass is 9.95. The summed E-state index contributed by atoms with van der Waals surface area (Å²) in [6, 6.07) is 0. The molecule has 0 fully saturated rings. The number of allylic oxidation sites excluding steroid dienone is 2. The van der Waals surface area contributed by atoms with E-state index in [1.807, 2.05) is 0 Å². The minimum atomic E-state index is -0.589. The largest absolute Gasteiger partial charge is 0.481 e.